The molecule has 0 heterocycles. The number of hydrogen-bond acceptors (Lipinski definition) is 2. The van der Waals surface area contributed by atoms with E-state index in [1.807, 2.05) is 37.3 Å². The lowest BCUT2D eigenvalue weighted by molar-refractivity contribution is 0.305. The van der Waals surface area contributed by atoms with Crippen LogP contribution in [0, 0.1) is 25.7 Å². The number of hydrogen-bond donors (Lipinski definition) is 1. The summed E-state index contributed by atoms with van der Waals surface area (Å²) in [6, 6.07) is 14.2. The van der Waals surface area contributed by atoms with Crippen molar-refractivity contribution in [2.75, 3.05) is 6.54 Å². The van der Waals surface area contributed by atoms with Gasteiger partial charge >= 0.3 is 0 Å². The van der Waals surface area contributed by atoms with E-state index in [-0.39, 0.29) is 0 Å². The summed E-state index contributed by atoms with van der Waals surface area (Å²) in [5.41, 5.74) is 9.94. The molecule has 0 unspecified atom stereocenters. The quantitative estimate of drug-likeness (QED) is 0.865. The van der Waals surface area contributed by atoms with Crippen LogP contribution in [-0.2, 0) is 6.61 Å². The van der Waals surface area contributed by atoms with Gasteiger partial charge in [0.1, 0.15) is 12.4 Å². The minimum Gasteiger partial charge on any atom is -0.489 e. The van der Waals surface area contributed by atoms with Gasteiger partial charge in [0.25, 0.3) is 0 Å². The first-order chi connectivity index (χ1) is 9.70. The van der Waals surface area contributed by atoms with Crippen LogP contribution in [0.5, 0.6) is 5.75 Å². The molecule has 0 aliphatic heterocycles. The summed E-state index contributed by atoms with van der Waals surface area (Å²) in [5, 5.41) is 0. The van der Waals surface area contributed by atoms with Gasteiger partial charge in [-0.3, -0.25) is 0 Å². The third kappa shape index (κ3) is 3.63. The molecule has 2 N–H and O–H groups in total. The Morgan fingerprint density at radius 2 is 1.85 bits per heavy atom. The van der Waals surface area contributed by atoms with E-state index >= 15 is 0 Å². The van der Waals surface area contributed by atoms with Crippen molar-refractivity contribution >= 4 is 0 Å². The molecule has 0 atom stereocenters. The predicted molar refractivity (Wildman–Crippen MR) is 82.6 cm³/mol. The molecule has 2 aromatic carbocycles. The number of nitrogens with two attached hydrogens (primary N) is 1. The van der Waals surface area contributed by atoms with Gasteiger partial charge < -0.3 is 10.5 Å². The Hall–Kier alpha value is -2.24. The fourth-order valence-corrected chi connectivity index (χ4v) is 1.95. The van der Waals surface area contributed by atoms with Crippen molar-refractivity contribution in [2.24, 2.45) is 5.73 Å². The van der Waals surface area contributed by atoms with Crippen LogP contribution in [0.2, 0.25) is 0 Å². The van der Waals surface area contributed by atoms with Crippen LogP contribution in [0.25, 0.3) is 0 Å². The Labute approximate surface area is 120 Å². The molecule has 0 saturated carbocycles. The van der Waals surface area contributed by atoms with E-state index < -0.39 is 0 Å². The zero-order chi connectivity index (χ0) is 14.4. The van der Waals surface area contributed by atoms with Gasteiger partial charge in [0.15, 0.2) is 0 Å². The lowest BCUT2D eigenvalue weighted by atomic mass is 10.1. The number of aryl methyl sites for hydroxylation is 2. The van der Waals surface area contributed by atoms with Crippen LogP contribution in [-0.4, -0.2) is 6.54 Å². The number of ether oxygens (including phenoxy) is 1. The lowest BCUT2D eigenvalue weighted by Crippen LogP contribution is -1.98. The van der Waals surface area contributed by atoms with Crippen molar-refractivity contribution in [2.45, 2.75) is 20.5 Å². The fraction of sp³-hybridized carbons (Fsp3) is 0.222. The van der Waals surface area contributed by atoms with Crippen molar-refractivity contribution in [1.82, 2.24) is 0 Å². The van der Waals surface area contributed by atoms with E-state index in [0.717, 1.165) is 16.9 Å². The van der Waals surface area contributed by atoms with E-state index in [9.17, 15) is 0 Å². The second-order valence-corrected chi connectivity index (χ2v) is 4.70. The topological polar surface area (TPSA) is 35.2 Å². The van der Waals surface area contributed by atoms with Crippen LogP contribution < -0.4 is 10.5 Å². The van der Waals surface area contributed by atoms with Gasteiger partial charge in [0.2, 0.25) is 0 Å². The van der Waals surface area contributed by atoms with Crippen LogP contribution in [0.4, 0.5) is 0 Å². The van der Waals surface area contributed by atoms with E-state index in [4.69, 9.17) is 10.5 Å². The standard InChI is InChI=1S/C18H19NO/c1-14-6-3-4-7-17(14)13-20-18-10-9-16(8-5-11-19)15(2)12-18/h3-4,6-7,9-10,12H,11,13,19H2,1-2H3. The average Bonchev–Trinajstić information content (AvgIpc) is 2.45. The molecule has 0 radical (unpaired) electrons. The maximum atomic E-state index is 5.84. The summed E-state index contributed by atoms with van der Waals surface area (Å²) < 4.78 is 5.84. The summed E-state index contributed by atoms with van der Waals surface area (Å²) in [7, 11) is 0. The Morgan fingerprint density at radius 1 is 1.05 bits per heavy atom. The largest absolute Gasteiger partial charge is 0.489 e. The smallest absolute Gasteiger partial charge is 0.120 e. The lowest BCUT2D eigenvalue weighted by Gasteiger charge is -2.09. The summed E-state index contributed by atoms with van der Waals surface area (Å²) in [5.74, 6) is 6.78. The van der Waals surface area contributed by atoms with Gasteiger partial charge in [-0.15, -0.1) is 0 Å². The second kappa shape index (κ2) is 6.79. The number of rotatable bonds is 3. The third-order valence-corrected chi connectivity index (χ3v) is 3.18. The normalized spacial score (nSPS) is 9.75. The molecule has 0 aliphatic carbocycles. The summed E-state index contributed by atoms with van der Waals surface area (Å²) in [6.07, 6.45) is 0. The first-order valence-electron chi connectivity index (χ1n) is 6.67. The molecule has 0 aromatic heterocycles. The van der Waals surface area contributed by atoms with Gasteiger partial charge in [-0.05, 0) is 48.7 Å². The fourth-order valence-electron chi connectivity index (χ4n) is 1.95. The van der Waals surface area contributed by atoms with Crippen molar-refractivity contribution in [3.05, 3.63) is 64.7 Å². The number of benzene rings is 2. The van der Waals surface area contributed by atoms with Gasteiger partial charge in [0, 0.05) is 5.56 Å². The van der Waals surface area contributed by atoms with Gasteiger partial charge in [-0.2, -0.15) is 0 Å². The van der Waals surface area contributed by atoms with Crippen molar-refractivity contribution in [1.29, 1.82) is 0 Å². The highest BCUT2D eigenvalue weighted by atomic mass is 16.5. The second-order valence-electron chi connectivity index (χ2n) is 4.70. The van der Waals surface area contributed by atoms with Crippen LogP contribution >= 0.6 is 0 Å². The maximum Gasteiger partial charge on any atom is 0.120 e. The molecule has 2 rings (SSSR count). The Bertz CT molecular complexity index is 650. The highest BCUT2D eigenvalue weighted by Crippen LogP contribution is 2.18. The van der Waals surface area contributed by atoms with Gasteiger partial charge in [-0.25, -0.2) is 0 Å². The Kier molecular flexibility index (Phi) is 4.81. The maximum absolute atomic E-state index is 5.84. The predicted octanol–water partition coefficient (Wildman–Crippen LogP) is 3.19. The first kappa shape index (κ1) is 14.2. The zero-order valence-electron chi connectivity index (χ0n) is 11.9. The van der Waals surface area contributed by atoms with Crippen LogP contribution in [0.15, 0.2) is 42.5 Å². The van der Waals surface area contributed by atoms with Gasteiger partial charge in [-0.1, -0.05) is 36.1 Å². The summed E-state index contributed by atoms with van der Waals surface area (Å²) >= 11 is 0. The van der Waals surface area contributed by atoms with Crippen molar-refractivity contribution in [3.8, 4) is 17.6 Å². The molecule has 0 saturated heterocycles. The Morgan fingerprint density at radius 3 is 2.55 bits per heavy atom. The SMILES string of the molecule is Cc1cc(OCc2ccccc2C)ccc1C#CCN. The van der Waals surface area contributed by atoms with Crippen molar-refractivity contribution < 1.29 is 4.74 Å². The monoisotopic (exact) mass is 265 g/mol. The minimum absolute atomic E-state index is 0.380. The van der Waals surface area contributed by atoms with E-state index in [0.29, 0.717) is 13.2 Å². The van der Waals surface area contributed by atoms with E-state index in [2.05, 4.69) is 30.9 Å². The average molecular weight is 265 g/mol. The molecule has 0 amide bonds. The molecule has 0 bridgehead atoms. The molecule has 0 fully saturated rings. The van der Waals surface area contributed by atoms with Gasteiger partial charge in [0.05, 0.1) is 6.54 Å². The Balaban J connectivity index is 2.08. The molecule has 0 aliphatic rings. The molecule has 2 aromatic rings. The zero-order valence-corrected chi connectivity index (χ0v) is 11.9. The van der Waals surface area contributed by atoms with Crippen molar-refractivity contribution in [3.63, 3.8) is 0 Å². The van der Waals surface area contributed by atoms with E-state index in [1.54, 1.807) is 0 Å². The molecule has 2 heteroatoms. The minimum atomic E-state index is 0.380. The molecular weight excluding hydrogens is 246 g/mol. The summed E-state index contributed by atoms with van der Waals surface area (Å²) in [6.45, 7) is 5.08. The molecular formula is C18H19NO. The highest BCUT2D eigenvalue weighted by Gasteiger charge is 2.01. The summed E-state index contributed by atoms with van der Waals surface area (Å²) in [4.78, 5) is 0. The first-order valence-corrected chi connectivity index (χ1v) is 6.67. The highest BCUT2D eigenvalue weighted by molar-refractivity contribution is 5.45. The molecule has 102 valence electrons. The molecule has 2 nitrogen and oxygen atoms in total. The van der Waals surface area contributed by atoms with Crippen LogP contribution in [0.3, 0.4) is 0 Å². The third-order valence-electron chi connectivity index (χ3n) is 3.18. The van der Waals surface area contributed by atoms with Crippen LogP contribution in [0.1, 0.15) is 22.3 Å². The molecule has 20 heavy (non-hydrogen) atoms. The molecule has 0 spiro atoms. The van der Waals surface area contributed by atoms with E-state index in [1.165, 1.54) is 11.1 Å².